The third-order valence-corrected chi connectivity index (χ3v) is 6.38. The highest BCUT2D eigenvalue weighted by atomic mass is 35.5. The number of hydrogen-bond acceptors (Lipinski definition) is 3. The number of carbonyl (C=O) groups is 1. The van der Waals surface area contributed by atoms with E-state index >= 15 is 0 Å². The van der Waals surface area contributed by atoms with E-state index in [9.17, 15) is 13.2 Å². The summed E-state index contributed by atoms with van der Waals surface area (Å²) in [4.78, 5) is 14.1. The summed E-state index contributed by atoms with van der Waals surface area (Å²) in [5.74, 6) is 0. The average Bonchev–Trinajstić information content (AvgIpc) is 2.67. The van der Waals surface area contributed by atoms with Gasteiger partial charge in [-0.25, -0.2) is 13.2 Å². The van der Waals surface area contributed by atoms with Crippen molar-refractivity contribution in [3.63, 3.8) is 0 Å². The zero-order valence-corrected chi connectivity index (χ0v) is 15.7. The van der Waals surface area contributed by atoms with E-state index in [0.717, 1.165) is 5.56 Å². The van der Waals surface area contributed by atoms with Gasteiger partial charge in [0.25, 0.3) is 0 Å². The quantitative estimate of drug-likeness (QED) is 0.867. The van der Waals surface area contributed by atoms with Crippen LogP contribution in [0.25, 0.3) is 0 Å². The number of urea groups is 1. The van der Waals surface area contributed by atoms with Crippen molar-refractivity contribution in [2.75, 3.05) is 26.2 Å². The molecule has 1 fully saturated rings. The summed E-state index contributed by atoms with van der Waals surface area (Å²) in [5, 5.41) is 3.24. The molecule has 2 amide bonds. The normalized spacial score (nSPS) is 15.7. The molecule has 1 N–H and O–H groups in total. The van der Waals surface area contributed by atoms with Crippen molar-refractivity contribution in [2.45, 2.75) is 11.4 Å². The Morgan fingerprint density at radius 2 is 1.69 bits per heavy atom. The summed E-state index contributed by atoms with van der Waals surface area (Å²) >= 11 is 5.90. The smallest absolute Gasteiger partial charge is 0.317 e. The number of carbonyl (C=O) groups excluding carboxylic acids is 1. The molecule has 138 valence electrons. The van der Waals surface area contributed by atoms with Crippen LogP contribution < -0.4 is 5.32 Å². The molecular weight excluding hydrogens is 374 g/mol. The summed E-state index contributed by atoms with van der Waals surface area (Å²) in [6.07, 6.45) is 0. The summed E-state index contributed by atoms with van der Waals surface area (Å²) in [6, 6.07) is 15.7. The zero-order valence-electron chi connectivity index (χ0n) is 14.1. The van der Waals surface area contributed by atoms with E-state index in [1.165, 1.54) is 16.4 Å². The fraction of sp³-hybridized carbons (Fsp3) is 0.278. The molecule has 2 aromatic carbocycles. The number of sulfonamides is 1. The molecule has 1 heterocycles. The molecule has 0 spiro atoms. The summed E-state index contributed by atoms with van der Waals surface area (Å²) in [5.41, 5.74) is 1.02. The van der Waals surface area contributed by atoms with E-state index < -0.39 is 10.0 Å². The summed E-state index contributed by atoms with van der Waals surface area (Å²) in [7, 11) is -3.60. The molecule has 0 aromatic heterocycles. The molecule has 6 nitrogen and oxygen atoms in total. The Hall–Kier alpha value is -2.09. The topological polar surface area (TPSA) is 69.7 Å². The molecule has 0 saturated carbocycles. The van der Waals surface area contributed by atoms with E-state index in [1.807, 2.05) is 30.3 Å². The van der Waals surface area contributed by atoms with Gasteiger partial charge in [-0.05, 0) is 23.8 Å². The van der Waals surface area contributed by atoms with E-state index in [4.69, 9.17) is 11.6 Å². The minimum absolute atomic E-state index is 0.173. The third-order valence-electron chi connectivity index (χ3n) is 4.25. The number of amides is 2. The highest BCUT2D eigenvalue weighted by Gasteiger charge is 2.30. The molecule has 0 atom stereocenters. The molecule has 0 unspecified atom stereocenters. The predicted molar refractivity (Wildman–Crippen MR) is 100 cm³/mol. The maximum absolute atomic E-state index is 12.7. The van der Waals surface area contributed by atoms with Crippen molar-refractivity contribution in [1.82, 2.24) is 14.5 Å². The Kier molecular flexibility index (Phi) is 5.80. The van der Waals surface area contributed by atoms with Crippen molar-refractivity contribution >= 4 is 27.7 Å². The number of piperazine rings is 1. The Bertz CT molecular complexity index is 866. The first kappa shape index (κ1) is 18.7. The monoisotopic (exact) mass is 393 g/mol. The van der Waals surface area contributed by atoms with Crippen LogP contribution in [0.1, 0.15) is 5.56 Å². The van der Waals surface area contributed by atoms with Gasteiger partial charge >= 0.3 is 6.03 Å². The number of halogens is 1. The molecule has 0 bridgehead atoms. The van der Waals surface area contributed by atoms with Crippen LogP contribution >= 0.6 is 11.6 Å². The molecule has 8 heteroatoms. The fourth-order valence-electron chi connectivity index (χ4n) is 2.79. The van der Waals surface area contributed by atoms with Crippen LogP contribution in [-0.4, -0.2) is 49.8 Å². The van der Waals surface area contributed by atoms with Gasteiger partial charge in [0.1, 0.15) is 0 Å². The van der Waals surface area contributed by atoms with Crippen molar-refractivity contribution < 1.29 is 13.2 Å². The standard InChI is InChI=1S/C18H20ClN3O3S/c19-16-7-4-8-17(13-16)26(24,25)22-11-9-21(10-12-22)18(23)20-14-15-5-2-1-3-6-15/h1-8,13H,9-12,14H2,(H,20,23). The van der Waals surface area contributed by atoms with Gasteiger partial charge in [0.15, 0.2) is 0 Å². The minimum atomic E-state index is -3.60. The molecular formula is C18H20ClN3O3S. The predicted octanol–water partition coefficient (Wildman–Crippen LogP) is 2.56. The van der Waals surface area contributed by atoms with Crippen LogP contribution in [0.15, 0.2) is 59.5 Å². The number of rotatable bonds is 4. The molecule has 1 aliphatic heterocycles. The van der Waals surface area contributed by atoms with Crippen LogP contribution in [-0.2, 0) is 16.6 Å². The first-order chi connectivity index (χ1) is 12.5. The van der Waals surface area contributed by atoms with E-state index in [1.54, 1.807) is 17.0 Å². The van der Waals surface area contributed by atoms with Crippen LogP contribution in [0.2, 0.25) is 5.02 Å². The van der Waals surface area contributed by atoms with Crippen LogP contribution in [0.3, 0.4) is 0 Å². The number of hydrogen-bond donors (Lipinski definition) is 1. The van der Waals surface area contributed by atoms with Crippen LogP contribution in [0, 0.1) is 0 Å². The van der Waals surface area contributed by atoms with Gasteiger partial charge in [-0.3, -0.25) is 0 Å². The maximum Gasteiger partial charge on any atom is 0.317 e. The second-order valence-electron chi connectivity index (χ2n) is 5.99. The number of benzene rings is 2. The largest absolute Gasteiger partial charge is 0.334 e. The van der Waals surface area contributed by atoms with Crippen molar-refractivity contribution in [2.24, 2.45) is 0 Å². The highest BCUT2D eigenvalue weighted by Crippen LogP contribution is 2.20. The molecule has 0 radical (unpaired) electrons. The van der Waals surface area contributed by atoms with Crippen molar-refractivity contribution in [1.29, 1.82) is 0 Å². The SMILES string of the molecule is O=C(NCc1ccccc1)N1CCN(S(=O)(=O)c2cccc(Cl)c2)CC1. The second-order valence-corrected chi connectivity index (χ2v) is 8.37. The van der Waals surface area contributed by atoms with Crippen molar-refractivity contribution in [3.05, 3.63) is 65.2 Å². The van der Waals surface area contributed by atoms with Crippen LogP contribution in [0.4, 0.5) is 4.79 Å². The summed E-state index contributed by atoms with van der Waals surface area (Å²) in [6.45, 7) is 1.66. The lowest BCUT2D eigenvalue weighted by molar-refractivity contribution is 0.172. The molecule has 26 heavy (non-hydrogen) atoms. The molecule has 3 rings (SSSR count). The average molecular weight is 394 g/mol. The summed E-state index contributed by atoms with van der Waals surface area (Å²) < 4.78 is 26.7. The fourth-order valence-corrected chi connectivity index (χ4v) is 4.52. The van der Waals surface area contributed by atoms with Gasteiger partial charge in [-0.2, -0.15) is 4.31 Å². The van der Waals surface area contributed by atoms with Crippen LogP contribution in [0.5, 0.6) is 0 Å². The lowest BCUT2D eigenvalue weighted by Gasteiger charge is -2.34. The Morgan fingerprint density at radius 1 is 1.00 bits per heavy atom. The zero-order chi connectivity index (χ0) is 18.6. The van der Waals surface area contributed by atoms with Gasteiger partial charge in [-0.1, -0.05) is 48.0 Å². The van der Waals surface area contributed by atoms with Gasteiger partial charge in [0, 0.05) is 37.7 Å². The highest BCUT2D eigenvalue weighted by molar-refractivity contribution is 7.89. The Labute approximate surface area is 158 Å². The van der Waals surface area contributed by atoms with Gasteiger partial charge in [0.2, 0.25) is 10.0 Å². The molecule has 2 aromatic rings. The Morgan fingerprint density at radius 3 is 2.35 bits per heavy atom. The van der Waals surface area contributed by atoms with E-state index in [2.05, 4.69) is 5.32 Å². The number of nitrogens with zero attached hydrogens (tertiary/aromatic N) is 2. The molecule has 0 aliphatic carbocycles. The molecule has 1 aliphatic rings. The van der Waals surface area contributed by atoms with Gasteiger partial charge in [0.05, 0.1) is 4.90 Å². The van der Waals surface area contributed by atoms with Crippen molar-refractivity contribution in [3.8, 4) is 0 Å². The van der Waals surface area contributed by atoms with E-state index in [0.29, 0.717) is 24.7 Å². The Balaban J connectivity index is 1.56. The first-order valence-corrected chi connectivity index (χ1v) is 10.1. The van der Waals surface area contributed by atoms with Gasteiger partial charge in [-0.15, -0.1) is 0 Å². The minimum Gasteiger partial charge on any atom is -0.334 e. The lowest BCUT2D eigenvalue weighted by atomic mass is 10.2. The first-order valence-electron chi connectivity index (χ1n) is 8.29. The lowest BCUT2D eigenvalue weighted by Crippen LogP contribution is -2.52. The van der Waals surface area contributed by atoms with Gasteiger partial charge < -0.3 is 10.2 Å². The number of nitrogens with one attached hydrogen (secondary N) is 1. The maximum atomic E-state index is 12.7. The third kappa shape index (κ3) is 4.35. The molecule has 1 saturated heterocycles. The second kappa shape index (κ2) is 8.07. The van der Waals surface area contributed by atoms with E-state index in [-0.39, 0.29) is 24.0 Å².